The molecule has 0 saturated heterocycles. The molecule has 100 valence electrons. The van der Waals surface area contributed by atoms with Crippen molar-refractivity contribution in [3.05, 3.63) is 45.7 Å². The first-order chi connectivity index (χ1) is 9.11. The first-order valence-corrected chi connectivity index (χ1v) is 6.30. The van der Waals surface area contributed by atoms with Crippen LogP contribution in [0.3, 0.4) is 0 Å². The van der Waals surface area contributed by atoms with Gasteiger partial charge in [0.15, 0.2) is 5.69 Å². The number of aromatic carboxylic acids is 1. The van der Waals surface area contributed by atoms with E-state index in [9.17, 15) is 4.79 Å². The number of carboxylic acids is 1. The van der Waals surface area contributed by atoms with Gasteiger partial charge in [0.1, 0.15) is 0 Å². The molecule has 2 aromatic rings. The molecule has 0 bridgehead atoms. The molecule has 19 heavy (non-hydrogen) atoms. The second-order valence-electron chi connectivity index (χ2n) is 3.91. The highest BCUT2D eigenvalue weighted by Crippen LogP contribution is 2.13. The van der Waals surface area contributed by atoms with E-state index in [4.69, 9.17) is 9.84 Å². The maximum Gasteiger partial charge on any atom is 0.358 e. The van der Waals surface area contributed by atoms with Gasteiger partial charge in [-0.2, -0.15) is 0 Å². The first-order valence-electron chi connectivity index (χ1n) is 5.51. The number of halogens is 1. The number of aromatic nitrogens is 3. The van der Waals surface area contributed by atoms with Crippen LogP contribution in [0.15, 0.2) is 28.7 Å². The van der Waals surface area contributed by atoms with Crippen molar-refractivity contribution in [2.24, 2.45) is 0 Å². The highest BCUT2D eigenvalue weighted by molar-refractivity contribution is 9.10. The summed E-state index contributed by atoms with van der Waals surface area (Å²) in [5.74, 6) is -1.10. The van der Waals surface area contributed by atoms with Crippen molar-refractivity contribution >= 4 is 21.9 Å². The molecule has 1 N–H and O–H groups in total. The number of ether oxygens (including phenoxy) is 1. The molecule has 0 atom stereocenters. The van der Waals surface area contributed by atoms with Gasteiger partial charge < -0.3 is 9.84 Å². The zero-order chi connectivity index (χ0) is 13.8. The van der Waals surface area contributed by atoms with Gasteiger partial charge in [0.2, 0.25) is 0 Å². The van der Waals surface area contributed by atoms with Crippen molar-refractivity contribution in [3.8, 4) is 0 Å². The van der Waals surface area contributed by atoms with Gasteiger partial charge in [-0.05, 0) is 17.7 Å². The summed E-state index contributed by atoms with van der Waals surface area (Å²) in [5, 5.41) is 16.6. The van der Waals surface area contributed by atoms with E-state index >= 15 is 0 Å². The highest BCUT2D eigenvalue weighted by atomic mass is 79.9. The van der Waals surface area contributed by atoms with Crippen molar-refractivity contribution in [1.29, 1.82) is 0 Å². The Morgan fingerprint density at radius 2 is 2.11 bits per heavy atom. The summed E-state index contributed by atoms with van der Waals surface area (Å²) in [6.45, 7) is 0.609. The third-order valence-corrected chi connectivity index (χ3v) is 3.10. The number of methoxy groups -OCH3 is 1. The fraction of sp³-hybridized carbons (Fsp3) is 0.250. The van der Waals surface area contributed by atoms with Crippen LogP contribution in [-0.4, -0.2) is 33.2 Å². The van der Waals surface area contributed by atoms with Crippen LogP contribution in [0.25, 0.3) is 0 Å². The molecule has 6 nitrogen and oxygen atoms in total. The Morgan fingerprint density at radius 1 is 1.42 bits per heavy atom. The molecule has 0 aliphatic rings. The average Bonchev–Trinajstić information content (AvgIpc) is 2.76. The molecule has 0 aliphatic heterocycles. The summed E-state index contributed by atoms with van der Waals surface area (Å²) in [5.41, 5.74) is 1.39. The summed E-state index contributed by atoms with van der Waals surface area (Å²) in [6.07, 6.45) is 0. The Hall–Kier alpha value is -1.73. The molecule has 2 rings (SSSR count). The maximum atomic E-state index is 11.0. The number of rotatable bonds is 5. The van der Waals surface area contributed by atoms with Gasteiger partial charge in [-0.15, -0.1) is 5.10 Å². The summed E-state index contributed by atoms with van der Waals surface area (Å²) < 4.78 is 7.53. The van der Waals surface area contributed by atoms with Crippen molar-refractivity contribution < 1.29 is 14.6 Å². The molecule has 1 aromatic carbocycles. The number of nitrogens with zero attached hydrogens (tertiary/aromatic N) is 3. The SMILES string of the molecule is COCc1c(C(=O)O)nnn1Cc1ccc(Br)cc1. The van der Waals surface area contributed by atoms with E-state index < -0.39 is 5.97 Å². The van der Waals surface area contributed by atoms with Crippen molar-refractivity contribution in [3.63, 3.8) is 0 Å². The van der Waals surface area contributed by atoms with Gasteiger partial charge in [0.05, 0.1) is 18.8 Å². The van der Waals surface area contributed by atoms with Crippen molar-refractivity contribution in [2.75, 3.05) is 7.11 Å². The monoisotopic (exact) mass is 325 g/mol. The third kappa shape index (κ3) is 3.18. The van der Waals surface area contributed by atoms with E-state index in [0.29, 0.717) is 12.2 Å². The van der Waals surface area contributed by atoms with E-state index in [2.05, 4.69) is 26.2 Å². The van der Waals surface area contributed by atoms with Gasteiger partial charge >= 0.3 is 5.97 Å². The molecule has 0 radical (unpaired) electrons. The zero-order valence-corrected chi connectivity index (χ0v) is 11.8. The molecule has 0 fully saturated rings. The maximum absolute atomic E-state index is 11.0. The second kappa shape index (κ2) is 5.94. The predicted molar refractivity (Wildman–Crippen MR) is 70.9 cm³/mol. The predicted octanol–water partition coefficient (Wildman–Crippen LogP) is 1.93. The quantitative estimate of drug-likeness (QED) is 0.908. The van der Waals surface area contributed by atoms with E-state index in [1.807, 2.05) is 24.3 Å². The number of carboxylic acid groups (broad SMARTS) is 1. The summed E-state index contributed by atoms with van der Waals surface area (Å²) in [6, 6.07) is 7.70. The normalized spacial score (nSPS) is 10.6. The Balaban J connectivity index is 2.29. The first kappa shape index (κ1) is 13.7. The van der Waals surface area contributed by atoms with Crippen LogP contribution in [0.4, 0.5) is 0 Å². The molecular weight excluding hydrogens is 314 g/mol. The molecule has 0 spiro atoms. The minimum atomic E-state index is -1.10. The molecule has 7 heteroatoms. The Labute approximate surface area is 118 Å². The fourth-order valence-corrected chi connectivity index (χ4v) is 1.93. The topological polar surface area (TPSA) is 77.2 Å². The largest absolute Gasteiger partial charge is 0.476 e. The Kier molecular flexibility index (Phi) is 4.28. The van der Waals surface area contributed by atoms with Crippen LogP contribution in [-0.2, 0) is 17.9 Å². The lowest BCUT2D eigenvalue weighted by Gasteiger charge is -2.06. The van der Waals surface area contributed by atoms with Crippen LogP contribution in [0.5, 0.6) is 0 Å². The minimum Gasteiger partial charge on any atom is -0.476 e. The average molecular weight is 326 g/mol. The Morgan fingerprint density at radius 3 is 2.68 bits per heavy atom. The molecular formula is C12H12BrN3O3. The summed E-state index contributed by atoms with van der Waals surface area (Å²) in [4.78, 5) is 11.0. The molecule has 0 saturated carbocycles. The Bertz CT molecular complexity index is 580. The second-order valence-corrected chi connectivity index (χ2v) is 4.82. The molecule has 0 amide bonds. The van der Waals surface area contributed by atoms with Gasteiger partial charge in [0.25, 0.3) is 0 Å². The lowest BCUT2D eigenvalue weighted by molar-refractivity contribution is 0.0684. The molecule has 0 aliphatic carbocycles. The highest BCUT2D eigenvalue weighted by Gasteiger charge is 2.18. The van der Waals surface area contributed by atoms with E-state index in [0.717, 1.165) is 10.0 Å². The lowest BCUT2D eigenvalue weighted by atomic mass is 10.2. The number of hydrogen-bond acceptors (Lipinski definition) is 4. The van der Waals surface area contributed by atoms with E-state index in [1.165, 1.54) is 11.8 Å². The van der Waals surface area contributed by atoms with Crippen molar-refractivity contribution in [1.82, 2.24) is 15.0 Å². The van der Waals surface area contributed by atoms with Gasteiger partial charge in [-0.3, -0.25) is 0 Å². The number of carbonyl (C=O) groups is 1. The number of benzene rings is 1. The summed E-state index contributed by atoms with van der Waals surface area (Å²) in [7, 11) is 1.50. The fourth-order valence-electron chi connectivity index (χ4n) is 1.67. The standard InChI is InChI=1S/C12H12BrN3O3/c1-19-7-10-11(12(17)18)14-15-16(10)6-8-2-4-9(13)5-3-8/h2-5H,6-7H2,1H3,(H,17,18). The van der Waals surface area contributed by atoms with E-state index in [-0.39, 0.29) is 12.3 Å². The van der Waals surface area contributed by atoms with Crippen LogP contribution >= 0.6 is 15.9 Å². The van der Waals surface area contributed by atoms with E-state index in [1.54, 1.807) is 0 Å². The van der Waals surface area contributed by atoms with Gasteiger partial charge in [-0.25, -0.2) is 9.48 Å². The van der Waals surface area contributed by atoms with Crippen LogP contribution in [0.2, 0.25) is 0 Å². The summed E-state index contributed by atoms with van der Waals surface area (Å²) >= 11 is 3.36. The van der Waals surface area contributed by atoms with Crippen molar-refractivity contribution in [2.45, 2.75) is 13.2 Å². The van der Waals surface area contributed by atoms with Gasteiger partial charge in [0, 0.05) is 11.6 Å². The van der Waals surface area contributed by atoms with Crippen LogP contribution < -0.4 is 0 Å². The molecule has 0 unspecified atom stereocenters. The third-order valence-electron chi connectivity index (χ3n) is 2.57. The lowest BCUT2D eigenvalue weighted by Crippen LogP contribution is -2.10. The van der Waals surface area contributed by atoms with Gasteiger partial charge in [-0.1, -0.05) is 33.3 Å². The minimum absolute atomic E-state index is 0.0704. The molecule has 1 aromatic heterocycles. The van der Waals surface area contributed by atoms with Crippen LogP contribution in [0, 0.1) is 0 Å². The molecule has 1 heterocycles. The number of hydrogen-bond donors (Lipinski definition) is 1. The van der Waals surface area contributed by atoms with Crippen LogP contribution in [0.1, 0.15) is 21.7 Å². The zero-order valence-electron chi connectivity index (χ0n) is 10.2. The smallest absolute Gasteiger partial charge is 0.358 e.